The summed E-state index contributed by atoms with van der Waals surface area (Å²) in [5, 5.41) is 2.97. The van der Waals surface area contributed by atoms with E-state index in [1.807, 2.05) is 0 Å². The maximum Gasteiger partial charge on any atom is 0.253 e. The topological polar surface area (TPSA) is 87.5 Å². The van der Waals surface area contributed by atoms with Gasteiger partial charge in [-0.3, -0.25) is 9.59 Å². The van der Waals surface area contributed by atoms with E-state index in [0.717, 1.165) is 6.42 Å². The highest BCUT2D eigenvalue weighted by molar-refractivity contribution is 6.29. The summed E-state index contributed by atoms with van der Waals surface area (Å²) in [6, 6.07) is 6.79. The normalized spacial score (nSPS) is 16.5. The molecule has 1 aliphatic rings. The first kappa shape index (κ1) is 18.7. The fourth-order valence-electron chi connectivity index (χ4n) is 2.72. The highest BCUT2D eigenvalue weighted by Crippen LogP contribution is 2.19. The number of benzene rings is 1. The number of hydrogen-bond donors (Lipinski definition) is 1. The van der Waals surface area contributed by atoms with Crippen LogP contribution in [0.15, 0.2) is 54.3 Å². The molecule has 2 amide bonds. The van der Waals surface area contributed by atoms with Gasteiger partial charge in [0, 0.05) is 36.5 Å². The molecule has 0 saturated carbocycles. The number of likely N-dealkylation sites (tertiary alicyclic amines) is 1. The third-order valence-corrected chi connectivity index (χ3v) is 4.32. The van der Waals surface area contributed by atoms with Crippen molar-refractivity contribution < 1.29 is 9.59 Å². The molecule has 1 fully saturated rings. The SMILES string of the molecule is C=CC(=O)Nc1ccc(C(=O)N2CCC(/C=N/c3cnc(Cl)cn3)C2)cc1. The van der Waals surface area contributed by atoms with Gasteiger partial charge in [0.2, 0.25) is 5.91 Å². The summed E-state index contributed by atoms with van der Waals surface area (Å²) in [5.41, 5.74) is 1.19. The number of carbonyl (C=O) groups is 2. The Balaban J connectivity index is 1.57. The summed E-state index contributed by atoms with van der Waals surface area (Å²) in [5.74, 6) is 0.318. The van der Waals surface area contributed by atoms with Crippen LogP contribution in [0.2, 0.25) is 5.15 Å². The molecule has 1 aromatic heterocycles. The summed E-state index contributed by atoms with van der Waals surface area (Å²) in [6.07, 6.45) is 6.78. The molecule has 0 spiro atoms. The van der Waals surface area contributed by atoms with E-state index in [9.17, 15) is 9.59 Å². The van der Waals surface area contributed by atoms with E-state index >= 15 is 0 Å². The summed E-state index contributed by atoms with van der Waals surface area (Å²) in [4.78, 5) is 38.0. The molecule has 3 rings (SSSR count). The first-order valence-electron chi connectivity index (χ1n) is 8.39. The predicted molar refractivity (Wildman–Crippen MR) is 104 cm³/mol. The summed E-state index contributed by atoms with van der Waals surface area (Å²) >= 11 is 5.70. The van der Waals surface area contributed by atoms with Gasteiger partial charge in [-0.25, -0.2) is 15.0 Å². The van der Waals surface area contributed by atoms with Crippen LogP contribution in [0.5, 0.6) is 0 Å². The summed E-state index contributed by atoms with van der Waals surface area (Å²) in [6.45, 7) is 4.66. The van der Waals surface area contributed by atoms with Crippen molar-refractivity contribution in [1.29, 1.82) is 0 Å². The minimum Gasteiger partial charge on any atom is -0.338 e. The second-order valence-corrected chi connectivity index (χ2v) is 6.43. The Bertz CT molecular complexity index is 865. The van der Waals surface area contributed by atoms with Crippen LogP contribution in [0, 0.1) is 5.92 Å². The number of anilines is 1. The molecule has 2 heterocycles. The lowest BCUT2D eigenvalue weighted by atomic mass is 10.1. The second-order valence-electron chi connectivity index (χ2n) is 6.05. The van der Waals surface area contributed by atoms with Gasteiger partial charge in [0.1, 0.15) is 5.15 Å². The monoisotopic (exact) mass is 383 g/mol. The van der Waals surface area contributed by atoms with Crippen molar-refractivity contribution in [1.82, 2.24) is 14.9 Å². The molecule has 7 nitrogen and oxygen atoms in total. The van der Waals surface area contributed by atoms with E-state index in [1.165, 1.54) is 18.5 Å². The van der Waals surface area contributed by atoms with Gasteiger partial charge in [0.25, 0.3) is 5.91 Å². The lowest BCUT2D eigenvalue weighted by molar-refractivity contribution is -0.111. The number of rotatable bonds is 5. The van der Waals surface area contributed by atoms with E-state index in [1.54, 1.807) is 35.4 Å². The Morgan fingerprint density at radius 2 is 2.04 bits per heavy atom. The van der Waals surface area contributed by atoms with Crippen LogP contribution in [-0.2, 0) is 4.79 Å². The molecule has 138 valence electrons. The van der Waals surface area contributed by atoms with E-state index in [-0.39, 0.29) is 17.7 Å². The number of amides is 2. The van der Waals surface area contributed by atoms with E-state index in [2.05, 4.69) is 26.9 Å². The molecular formula is C19H18ClN5O2. The molecule has 1 aromatic carbocycles. The lowest BCUT2D eigenvalue weighted by Crippen LogP contribution is -2.28. The molecule has 1 atom stereocenters. The van der Waals surface area contributed by atoms with Crippen LogP contribution in [0.1, 0.15) is 16.8 Å². The van der Waals surface area contributed by atoms with Gasteiger partial charge in [-0.2, -0.15) is 0 Å². The predicted octanol–water partition coefficient (Wildman–Crippen LogP) is 3.12. The Morgan fingerprint density at radius 1 is 1.26 bits per heavy atom. The fourth-order valence-corrected chi connectivity index (χ4v) is 2.82. The van der Waals surface area contributed by atoms with Crippen molar-refractivity contribution in [2.24, 2.45) is 10.9 Å². The molecule has 1 N–H and O–H groups in total. The minimum atomic E-state index is -0.291. The van der Waals surface area contributed by atoms with E-state index in [0.29, 0.717) is 35.3 Å². The standard InChI is InChI=1S/C19H18ClN5O2/c1-2-18(26)24-15-5-3-14(4-6-15)19(27)25-8-7-13(12-25)9-22-17-11-21-16(20)10-23-17/h2-6,9-11,13H,1,7-8,12H2,(H,24,26)/b22-9+. The maximum absolute atomic E-state index is 12.6. The van der Waals surface area contributed by atoms with Gasteiger partial charge in [0.15, 0.2) is 5.82 Å². The molecule has 27 heavy (non-hydrogen) atoms. The van der Waals surface area contributed by atoms with Gasteiger partial charge < -0.3 is 10.2 Å². The number of aromatic nitrogens is 2. The molecule has 2 aromatic rings. The van der Waals surface area contributed by atoms with Crippen molar-refractivity contribution in [2.45, 2.75) is 6.42 Å². The molecule has 0 radical (unpaired) electrons. The lowest BCUT2D eigenvalue weighted by Gasteiger charge is -2.16. The minimum absolute atomic E-state index is 0.0428. The maximum atomic E-state index is 12.6. The van der Waals surface area contributed by atoms with Gasteiger partial charge in [-0.1, -0.05) is 18.2 Å². The number of halogens is 1. The Kier molecular flexibility index (Phi) is 5.93. The number of aliphatic imine (C=N–C) groups is 1. The number of nitrogens with zero attached hydrogens (tertiary/aromatic N) is 4. The van der Waals surface area contributed by atoms with Gasteiger partial charge >= 0.3 is 0 Å². The number of carbonyl (C=O) groups excluding carboxylic acids is 2. The second kappa shape index (κ2) is 8.55. The Labute approximate surface area is 161 Å². The highest BCUT2D eigenvalue weighted by atomic mass is 35.5. The van der Waals surface area contributed by atoms with Crippen LogP contribution < -0.4 is 5.32 Å². The molecule has 1 aliphatic heterocycles. The third kappa shape index (κ3) is 4.98. The van der Waals surface area contributed by atoms with Gasteiger partial charge in [-0.05, 0) is 36.8 Å². The molecule has 0 bridgehead atoms. The zero-order chi connectivity index (χ0) is 19.2. The Hall–Kier alpha value is -3.06. The van der Waals surface area contributed by atoms with Crippen LogP contribution in [-0.4, -0.2) is 46.0 Å². The van der Waals surface area contributed by atoms with Gasteiger partial charge in [-0.15, -0.1) is 0 Å². The van der Waals surface area contributed by atoms with E-state index in [4.69, 9.17) is 11.6 Å². The summed E-state index contributed by atoms with van der Waals surface area (Å²) < 4.78 is 0. The largest absolute Gasteiger partial charge is 0.338 e. The van der Waals surface area contributed by atoms with Crippen LogP contribution in [0.4, 0.5) is 11.5 Å². The van der Waals surface area contributed by atoms with Crippen molar-refractivity contribution in [3.8, 4) is 0 Å². The molecule has 1 unspecified atom stereocenters. The van der Waals surface area contributed by atoms with Crippen molar-refractivity contribution in [3.63, 3.8) is 0 Å². The molecule has 0 aliphatic carbocycles. The number of nitrogens with one attached hydrogen (secondary N) is 1. The summed E-state index contributed by atoms with van der Waals surface area (Å²) in [7, 11) is 0. The number of hydrogen-bond acceptors (Lipinski definition) is 5. The Morgan fingerprint density at radius 3 is 2.70 bits per heavy atom. The first-order valence-corrected chi connectivity index (χ1v) is 8.77. The average molecular weight is 384 g/mol. The van der Waals surface area contributed by atoms with Crippen LogP contribution in [0.3, 0.4) is 0 Å². The average Bonchev–Trinajstić information content (AvgIpc) is 3.16. The molecule has 1 saturated heterocycles. The van der Waals surface area contributed by atoms with Crippen molar-refractivity contribution in [2.75, 3.05) is 18.4 Å². The highest BCUT2D eigenvalue weighted by Gasteiger charge is 2.26. The van der Waals surface area contributed by atoms with Crippen LogP contribution >= 0.6 is 11.6 Å². The van der Waals surface area contributed by atoms with E-state index < -0.39 is 0 Å². The molecular weight excluding hydrogens is 366 g/mol. The van der Waals surface area contributed by atoms with Crippen molar-refractivity contribution >= 4 is 41.1 Å². The zero-order valence-electron chi connectivity index (χ0n) is 14.5. The van der Waals surface area contributed by atoms with Crippen LogP contribution in [0.25, 0.3) is 0 Å². The quantitative estimate of drug-likeness (QED) is 0.634. The smallest absolute Gasteiger partial charge is 0.253 e. The van der Waals surface area contributed by atoms with Gasteiger partial charge in [0.05, 0.1) is 12.4 Å². The zero-order valence-corrected chi connectivity index (χ0v) is 15.3. The first-order chi connectivity index (χ1) is 13.0. The van der Waals surface area contributed by atoms with Crippen molar-refractivity contribution in [3.05, 3.63) is 60.0 Å². The fraction of sp³-hybridized carbons (Fsp3) is 0.211. The molecule has 8 heteroatoms. The third-order valence-electron chi connectivity index (χ3n) is 4.12.